The Balaban J connectivity index is 1.56. The topological polar surface area (TPSA) is 61.0 Å². The highest BCUT2D eigenvalue weighted by Crippen LogP contribution is 2.20. The number of aromatic amines is 1. The van der Waals surface area contributed by atoms with Gasteiger partial charge < -0.3 is 5.32 Å². The minimum Gasteiger partial charge on any atom is -0.309 e. The molecule has 0 aliphatic carbocycles. The molecule has 23 heavy (non-hydrogen) atoms. The minimum absolute atomic E-state index is 0.0363. The number of hydrogen-bond acceptors (Lipinski definition) is 3. The molecule has 0 saturated carbocycles. The van der Waals surface area contributed by atoms with Crippen molar-refractivity contribution in [3.8, 4) is 0 Å². The van der Waals surface area contributed by atoms with Crippen molar-refractivity contribution in [3.05, 3.63) is 47.7 Å². The first kappa shape index (κ1) is 15.7. The molecule has 3 rings (SSSR count). The molecule has 1 aromatic heterocycles. The molecule has 0 spiro atoms. The Bertz CT molecular complexity index is 637. The molecule has 2 N–H and O–H groups in total. The minimum atomic E-state index is 0.0363. The molecule has 5 heteroatoms. The van der Waals surface area contributed by atoms with Crippen molar-refractivity contribution in [3.63, 3.8) is 0 Å². The Hall–Kier alpha value is -2.14. The van der Waals surface area contributed by atoms with Gasteiger partial charge in [0.2, 0.25) is 5.91 Å². The number of rotatable bonds is 5. The van der Waals surface area contributed by atoms with Crippen molar-refractivity contribution < 1.29 is 4.79 Å². The van der Waals surface area contributed by atoms with Crippen LogP contribution < -0.4 is 5.32 Å². The van der Waals surface area contributed by atoms with E-state index in [4.69, 9.17) is 0 Å². The van der Waals surface area contributed by atoms with E-state index in [1.165, 1.54) is 5.56 Å². The molecule has 1 fully saturated rings. The fraction of sp³-hybridized carbons (Fsp3) is 0.444. The molecule has 0 radical (unpaired) electrons. The van der Waals surface area contributed by atoms with E-state index < -0.39 is 0 Å². The van der Waals surface area contributed by atoms with Gasteiger partial charge in [-0.3, -0.25) is 14.8 Å². The maximum absolute atomic E-state index is 12.5. The molecular formula is C18H24N4O. The number of likely N-dealkylation sites (tertiary alicyclic amines) is 1. The highest BCUT2D eigenvalue weighted by Gasteiger charge is 2.26. The lowest BCUT2D eigenvalue weighted by Crippen LogP contribution is -2.40. The van der Waals surface area contributed by atoms with E-state index in [1.54, 1.807) is 0 Å². The van der Waals surface area contributed by atoms with Crippen molar-refractivity contribution in [1.82, 2.24) is 15.1 Å². The molecule has 122 valence electrons. The zero-order chi connectivity index (χ0) is 16.1. The Kier molecular flexibility index (Phi) is 5.08. The third-order valence-corrected chi connectivity index (χ3v) is 4.39. The number of benzene rings is 1. The number of aryl methyl sites for hydroxylation is 1. The van der Waals surface area contributed by atoms with Crippen LogP contribution in [0.5, 0.6) is 0 Å². The lowest BCUT2D eigenvalue weighted by Gasteiger charge is -2.31. The van der Waals surface area contributed by atoms with Gasteiger partial charge in [-0.1, -0.05) is 37.3 Å². The molecule has 5 nitrogen and oxygen atoms in total. The van der Waals surface area contributed by atoms with Gasteiger partial charge in [-0.15, -0.1) is 0 Å². The van der Waals surface area contributed by atoms with Crippen molar-refractivity contribution in [1.29, 1.82) is 0 Å². The van der Waals surface area contributed by atoms with E-state index in [2.05, 4.69) is 51.6 Å². The second kappa shape index (κ2) is 7.42. The lowest BCUT2D eigenvalue weighted by molar-refractivity contribution is -0.121. The average molecular weight is 312 g/mol. The summed E-state index contributed by atoms with van der Waals surface area (Å²) in [4.78, 5) is 14.8. The second-order valence-corrected chi connectivity index (χ2v) is 6.18. The van der Waals surface area contributed by atoms with Crippen LogP contribution in [0, 0.1) is 5.92 Å². The van der Waals surface area contributed by atoms with E-state index >= 15 is 0 Å². The third kappa shape index (κ3) is 4.20. The van der Waals surface area contributed by atoms with Crippen LogP contribution in [0.25, 0.3) is 0 Å². The van der Waals surface area contributed by atoms with Gasteiger partial charge in [0.25, 0.3) is 0 Å². The molecule has 1 unspecified atom stereocenters. The summed E-state index contributed by atoms with van der Waals surface area (Å²) in [7, 11) is 0. The van der Waals surface area contributed by atoms with Gasteiger partial charge in [0.1, 0.15) is 0 Å². The predicted molar refractivity (Wildman–Crippen MR) is 91.0 cm³/mol. The number of piperidine rings is 1. The van der Waals surface area contributed by atoms with E-state index in [0.717, 1.165) is 44.6 Å². The van der Waals surface area contributed by atoms with Gasteiger partial charge in [0, 0.05) is 24.8 Å². The first-order valence-electron chi connectivity index (χ1n) is 8.36. The van der Waals surface area contributed by atoms with Gasteiger partial charge in [0.15, 0.2) is 5.82 Å². The quantitative estimate of drug-likeness (QED) is 0.892. The fourth-order valence-electron chi connectivity index (χ4n) is 3.09. The summed E-state index contributed by atoms with van der Waals surface area (Å²) in [5.41, 5.74) is 2.34. The summed E-state index contributed by atoms with van der Waals surface area (Å²) >= 11 is 0. The summed E-state index contributed by atoms with van der Waals surface area (Å²) in [5.74, 6) is 0.748. The van der Waals surface area contributed by atoms with Crippen LogP contribution in [-0.4, -0.2) is 34.1 Å². The van der Waals surface area contributed by atoms with E-state index in [0.29, 0.717) is 5.82 Å². The molecule has 0 bridgehead atoms. The number of nitrogens with zero attached hydrogens (tertiary/aromatic N) is 2. The fourth-order valence-corrected chi connectivity index (χ4v) is 3.09. The maximum atomic E-state index is 12.5. The normalized spacial score (nSPS) is 18.7. The number of H-pyrrole nitrogens is 1. The molecule has 1 atom stereocenters. The zero-order valence-electron chi connectivity index (χ0n) is 13.6. The SMILES string of the molecule is CCc1cc(NC(=O)C2CCCN(Cc3ccccc3)C2)n[nH]1. The molecule has 2 aromatic rings. The lowest BCUT2D eigenvalue weighted by atomic mass is 9.96. The van der Waals surface area contributed by atoms with Crippen LogP contribution in [0.2, 0.25) is 0 Å². The highest BCUT2D eigenvalue weighted by atomic mass is 16.2. The van der Waals surface area contributed by atoms with E-state index in [9.17, 15) is 4.79 Å². The second-order valence-electron chi connectivity index (χ2n) is 6.18. The Morgan fingerprint density at radius 2 is 2.22 bits per heavy atom. The van der Waals surface area contributed by atoms with Crippen LogP contribution in [0.1, 0.15) is 31.0 Å². The van der Waals surface area contributed by atoms with Gasteiger partial charge in [-0.25, -0.2) is 0 Å². The van der Waals surface area contributed by atoms with Gasteiger partial charge >= 0.3 is 0 Å². The predicted octanol–water partition coefficient (Wildman–Crippen LogP) is 2.82. The summed E-state index contributed by atoms with van der Waals surface area (Å²) in [5, 5.41) is 10.0. The Labute approximate surface area is 137 Å². The summed E-state index contributed by atoms with van der Waals surface area (Å²) in [6.07, 6.45) is 2.89. The average Bonchev–Trinajstić information content (AvgIpc) is 3.03. The van der Waals surface area contributed by atoms with Gasteiger partial charge in [0.05, 0.1) is 5.92 Å². The van der Waals surface area contributed by atoms with Crippen molar-refractivity contribution in [2.24, 2.45) is 5.92 Å². The summed E-state index contributed by atoms with van der Waals surface area (Å²) < 4.78 is 0. The zero-order valence-corrected chi connectivity index (χ0v) is 13.6. The van der Waals surface area contributed by atoms with Crippen molar-refractivity contribution in [2.45, 2.75) is 32.7 Å². The molecule has 1 aliphatic rings. The number of nitrogens with one attached hydrogen (secondary N) is 2. The largest absolute Gasteiger partial charge is 0.309 e. The Morgan fingerprint density at radius 3 is 2.96 bits per heavy atom. The molecule has 2 heterocycles. The maximum Gasteiger partial charge on any atom is 0.229 e. The third-order valence-electron chi connectivity index (χ3n) is 4.39. The number of hydrogen-bond donors (Lipinski definition) is 2. The molecular weight excluding hydrogens is 288 g/mol. The number of carbonyl (C=O) groups excluding carboxylic acids is 1. The van der Waals surface area contributed by atoms with Crippen molar-refractivity contribution >= 4 is 11.7 Å². The van der Waals surface area contributed by atoms with Crippen LogP contribution in [0.15, 0.2) is 36.4 Å². The van der Waals surface area contributed by atoms with Crippen molar-refractivity contribution in [2.75, 3.05) is 18.4 Å². The van der Waals surface area contributed by atoms with E-state index in [-0.39, 0.29) is 11.8 Å². The molecule has 1 amide bonds. The standard InChI is InChI=1S/C18H24N4O/c1-2-16-11-17(21-20-16)19-18(23)15-9-6-10-22(13-15)12-14-7-4-3-5-8-14/h3-5,7-8,11,15H,2,6,9-10,12-13H2,1H3,(H2,19,20,21,23). The number of aromatic nitrogens is 2. The molecule has 1 aliphatic heterocycles. The van der Waals surface area contributed by atoms with E-state index in [1.807, 2.05) is 12.1 Å². The first-order chi connectivity index (χ1) is 11.2. The summed E-state index contributed by atoms with van der Waals surface area (Å²) in [6.45, 7) is 4.83. The van der Waals surface area contributed by atoms with Gasteiger partial charge in [-0.05, 0) is 31.4 Å². The highest BCUT2D eigenvalue weighted by molar-refractivity contribution is 5.91. The monoisotopic (exact) mass is 312 g/mol. The van der Waals surface area contributed by atoms with Crippen LogP contribution in [0.4, 0.5) is 5.82 Å². The number of amides is 1. The number of carbonyl (C=O) groups is 1. The number of anilines is 1. The van der Waals surface area contributed by atoms with Crippen LogP contribution >= 0.6 is 0 Å². The van der Waals surface area contributed by atoms with Crippen LogP contribution in [-0.2, 0) is 17.8 Å². The molecule has 1 saturated heterocycles. The smallest absolute Gasteiger partial charge is 0.229 e. The summed E-state index contributed by atoms with van der Waals surface area (Å²) in [6, 6.07) is 12.3. The Morgan fingerprint density at radius 1 is 1.39 bits per heavy atom. The first-order valence-corrected chi connectivity index (χ1v) is 8.36. The van der Waals surface area contributed by atoms with Crippen LogP contribution in [0.3, 0.4) is 0 Å². The van der Waals surface area contributed by atoms with Gasteiger partial charge in [-0.2, -0.15) is 5.10 Å². The molecule has 1 aromatic carbocycles.